The number of nitrogens with zero attached hydrogens (tertiary/aromatic N) is 2. The Hall–Kier alpha value is -1.09. The Labute approximate surface area is 127 Å². The van der Waals surface area contributed by atoms with Crippen LogP contribution in [-0.2, 0) is 0 Å². The van der Waals surface area contributed by atoms with Crippen molar-refractivity contribution in [2.45, 2.75) is 38.2 Å². The molecule has 1 aliphatic rings. The highest BCUT2D eigenvalue weighted by atomic mass is 19.3. The summed E-state index contributed by atoms with van der Waals surface area (Å²) in [5.41, 5.74) is 0. The summed E-state index contributed by atoms with van der Waals surface area (Å²) in [7, 11) is 0. The van der Waals surface area contributed by atoms with E-state index < -0.39 is 18.9 Å². The number of aliphatic hydroxyl groups is 1. The van der Waals surface area contributed by atoms with Gasteiger partial charge in [0, 0.05) is 38.8 Å². The van der Waals surface area contributed by atoms with Gasteiger partial charge in [-0.2, -0.15) is 8.78 Å². The van der Waals surface area contributed by atoms with E-state index in [4.69, 9.17) is 5.11 Å². The van der Waals surface area contributed by atoms with E-state index in [1.54, 1.807) is 0 Å². The smallest absolute Gasteiger partial charge is 0.319 e. The monoisotopic (exact) mass is 329 g/mol. The molecule has 1 fully saturated rings. The third kappa shape index (κ3) is 5.96. The lowest BCUT2D eigenvalue weighted by molar-refractivity contribution is -0.144. The fraction of sp³-hybridized carbons (Fsp3) is 0.923. The number of nitrogens with one attached hydrogen (secondary N) is 1. The van der Waals surface area contributed by atoms with E-state index in [0.717, 1.165) is 0 Å². The molecule has 0 aromatic rings. The van der Waals surface area contributed by atoms with E-state index in [9.17, 15) is 22.4 Å². The van der Waals surface area contributed by atoms with Gasteiger partial charge in [0.05, 0.1) is 6.54 Å². The minimum absolute atomic E-state index is 0.0528. The highest BCUT2D eigenvalue weighted by Crippen LogP contribution is 2.24. The predicted molar refractivity (Wildman–Crippen MR) is 73.3 cm³/mol. The minimum atomic E-state index is -4.02. The fourth-order valence-corrected chi connectivity index (χ4v) is 2.25. The Balaban J connectivity index is 2.34. The average Bonchev–Trinajstić information content (AvgIpc) is 2.45. The second kappa shape index (κ2) is 8.52. The van der Waals surface area contributed by atoms with Gasteiger partial charge in [-0.1, -0.05) is 0 Å². The number of halogens is 4. The van der Waals surface area contributed by atoms with Crippen LogP contribution in [0.25, 0.3) is 0 Å². The standard InChI is InChI=1S/C13H23F4N3O2/c1-10(3-2-8-21)18-12(22)20-6-4-19(5-7-20)9-13(16,17)11(14)15/h10-11,21H,2-9H2,1H3,(H,18,22). The summed E-state index contributed by atoms with van der Waals surface area (Å²) in [6.07, 6.45) is -2.46. The van der Waals surface area contributed by atoms with Crippen LogP contribution >= 0.6 is 0 Å². The van der Waals surface area contributed by atoms with Crippen LogP contribution in [0, 0.1) is 0 Å². The zero-order chi connectivity index (χ0) is 16.8. The van der Waals surface area contributed by atoms with Crippen molar-refractivity contribution in [1.82, 2.24) is 15.1 Å². The molecule has 0 saturated carbocycles. The van der Waals surface area contributed by atoms with E-state index in [0.29, 0.717) is 12.8 Å². The SMILES string of the molecule is CC(CCCO)NC(=O)N1CCN(CC(F)(F)C(F)F)CC1. The van der Waals surface area contributed by atoms with E-state index in [1.165, 1.54) is 9.80 Å². The first-order chi connectivity index (χ1) is 10.3. The topological polar surface area (TPSA) is 55.8 Å². The van der Waals surface area contributed by atoms with Crippen LogP contribution in [0.1, 0.15) is 19.8 Å². The zero-order valence-electron chi connectivity index (χ0n) is 12.6. The van der Waals surface area contributed by atoms with Crippen molar-refractivity contribution in [2.75, 3.05) is 39.3 Å². The first kappa shape index (κ1) is 19.0. The third-order valence-electron chi connectivity index (χ3n) is 3.58. The Morgan fingerprint density at radius 2 is 1.86 bits per heavy atom. The molecular weight excluding hydrogens is 306 g/mol. The summed E-state index contributed by atoms with van der Waals surface area (Å²) in [6, 6.07) is -0.397. The lowest BCUT2D eigenvalue weighted by Crippen LogP contribution is -2.55. The summed E-state index contributed by atoms with van der Waals surface area (Å²) in [6.45, 7) is 1.59. The Kier molecular flexibility index (Phi) is 7.34. The van der Waals surface area contributed by atoms with Crippen molar-refractivity contribution in [3.8, 4) is 0 Å². The van der Waals surface area contributed by atoms with E-state index in [-0.39, 0.29) is 44.9 Å². The fourth-order valence-electron chi connectivity index (χ4n) is 2.25. The van der Waals surface area contributed by atoms with Crippen molar-refractivity contribution in [3.05, 3.63) is 0 Å². The molecule has 0 aromatic heterocycles. The summed E-state index contributed by atoms with van der Waals surface area (Å²) >= 11 is 0. The molecule has 22 heavy (non-hydrogen) atoms. The number of aliphatic hydroxyl groups excluding tert-OH is 1. The van der Waals surface area contributed by atoms with E-state index >= 15 is 0 Å². The van der Waals surface area contributed by atoms with Crippen molar-refractivity contribution in [2.24, 2.45) is 0 Å². The Bertz CT molecular complexity index is 350. The number of urea groups is 1. The molecule has 1 saturated heterocycles. The van der Waals surface area contributed by atoms with Crippen molar-refractivity contribution >= 4 is 6.03 Å². The lowest BCUT2D eigenvalue weighted by Gasteiger charge is -2.36. The number of hydrogen-bond acceptors (Lipinski definition) is 3. The first-order valence-corrected chi connectivity index (χ1v) is 7.31. The zero-order valence-corrected chi connectivity index (χ0v) is 12.6. The molecular formula is C13H23F4N3O2. The molecule has 130 valence electrons. The van der Waals surface area contributed by atoms with Gasteiger partial charge in [-0.05, 0) is 19.8 Å². The maximum absolute atomic E-state index is 13.0. The molecule has 1 aliphatic heterocycles. The number of carbonyl (C=O) groups excluding carboxylic acids is 1. The molecule has 2 N–H and O–H groups in total. The molecule has 0 aromatic carbocycles. The van der Waals surface area contributed by atoms with Crippen molar-refractivity contribution in [3.63, 3.8) is 0 Å². The van der Waals surface area contributed by atoms with Gasteiger partial charge in [0.1, 0.15) is 0 Å². The van der Waals surface area contributed by atoms with Crippen LogP contribution in [0.3, 0.4) is 0 Å². The molecule has 0 bridgehead atoms. The average molecular weight is 329 g/mol. The molecule has 1 heterocycles. The molecule has 0 radical (unpaired) electrons. The number of hydrogen-bond donors (Lipinski definition) is 2. The van der Waals surface area contributed by atoms with Gasteiger partial charge in [0.15, 0.2) is 0 Å². The Morgan fingerprint density at radius 3 is 2.36 bits per heavy atom. The van der Waals surface area contributed by atoms with E-state index in [1.807, 2.05) is 6.92 Å². The maximum Gasteiger partial charge on any atom is 0.319 e. The first-order valence-electron chi connectivity index (χ1n) is 7.31. The van der Waals surface area contributed by atoms with Gasteiger partial charge in [-0.3, -0.25) is 4.90 Å². The molecule has 0 aliphatic carbocycles. The summed E-state index contributed by atoms with van der Waals surface area (Å²) in [5.74, 6) is -4.02. The van der Waals surface area contributed by atoms with Crippen LogP contribution in [0.15, 0.2) is 0 Å². The summed E-state index contributed by atoms with van der Waals surface area (Å²) in [5, 5.41) is 11.5. The number of amides is 2. The quantitative estimate of drug-likeness (QED) is 0.694. The number of alkyl halides is 4. The maximum atomic E-state index is 13.0. The molecule has 1 rings (SSSR count). The highest BCUT2D eigenvalue weighted by Gasteiger charge is 2.42. The second-order valence-electron chi connectivity index (χ2n) is 5.54. The molecule has 9 heteroatoms. The van der Waals surface area contributed by atoms with Crippen molar-refractivity contribution < 1.29 is 27.5 Å². The van der Waals surface area contributed by atoms with Crippen molar-refractivity contribution in [1.29, 1.82) is 0 Å². The molecule has 2 amide bonds. The van der Waals surface area contributed by atoms with E-state index in [2.05, 4.69) is 5.32 Å². The lowest BCUT2D eigenvalue weighted by atomic mass is 10.2. The number of piperazine rings is 1. The summed E-state index contributed by atoms with van der Waals surface area (Å²) in [4.78, 5) is 14.7. The predicted octanol–water partition coefficient (Wildman–Crippen LogP) is 1.38. The molecule has 1 atom stereocenters. The van der Waals surface area contributed by atoms with Gasteiger partial charge in [0.2, 0.25) is 0 Å². The van der Waals surface area contributed by atoms with Gasteiger partial charge >= 0.3 is 18.4 Å². The van der Waals surface area contributed by atoms with Crippen LogP contribution in [0.5, 0.6) is 0 Å². The van der Waals surface area contributed by atoms with Crippen LogP contribution < -0.4 is 5.32 Å². The van der Waals surface area contributed by atoms with Gasteiger partial charge in [0.25, 0.3) is 0 Å². The minimum Gasteiger partial charge on any atom is -0.396 e. The molecule has 1 unspecified atom stereocenters. The van der Waals surface area contributed by atoms with Gasteiger partial charge in [-0.15, -0.1) is 0 Å². The summed E-state index contributed by atoms with van der Waals surface area (Å²) < 4.78 is 50.2. The van der Waals surface area contributed by atoms with Crippen LogP contribution in [0.2, 0.25) is 0 Å². The van der Waals surface area contributed by atoms with Gasteiger partial charge in [-0.25, -0.2) is 13.6 Å². The normalized spacial score (nSPS) is 18.6. The highest BCUT2D eigenvalue weighted by molar-refractivity contribution is 5.74. The number of rotatable bonds is 7. The van der Waals surface area contributed by atoms with Crippen LogP contribution in [0.4, 0.5) is 22.4 Å². The van der Waals surface area contributed by atoms with Gasteiger partial charge < -0.3 is 15.3 Å². The second-order valence-corrected chi connectivity index (χ2v) is 5.54. The third-order valence-corrected chi connectivity index (χ3v) is 3.58. The molecule has 5 nitrogen and oxygen atoms in total. The number of carbonyl (C=O) groups is 1. The Morgan fingerprint density at radius 1 is 1.27 bits per heavy atom. The van der Waals surface area contributed by atoms with Crippen LogP contribution in [-0.4, -0.2) is 78.7 Å². The molecule has 0 spiro atoms. The largest absolute Gasteiger partial charge is 0.396 e.